The van der Waals surface area contributed by atoms with Gasteiger partial charge in [0.25, 0.3) is 0 Å². The molecule has 18 heteroatoms. The second-order valence-corrected chi connectivity index (χ2v) is 11.6. The second-order valence-electron chi connectivity index (χ2n) is 8.98. The van der Waals surface area contributed by atoms with Crippen LogP contribution in [0.1, 0.15) is 13.8 Å². The van der Waals surface area contributed by atoms with E-state index in [1.807, 2.05) is 11.8 Å². The molecule has 1 aliphatic rings. The van der Waals surface area contributed by atoms with Crippen LogP contribution in [0.15, 0.2) is 0 Å². The van der Waals surface area contributed by atoms with Gasteiger partial charge in [-0.25, -0.2) is 18.7 Å². The average molecular weight is 763 g/mol. The molecule has 270 valence electrons. The predicted molar refractivity (Wildman–Crippen MR) is 179 cm³/mol. The van der Waals surface area contributed by atoms with E-state index in [0.717, 1.165) is 0 Å². The summed E-state index contributed by atoms with van der Waals surface area (Å²) in [5, 5.41) is 40.9. The van der Waals surface area contributed by atoms with Gasteiger partial charge in [0.2, 0.25) is 0 Å². The van der Waals surface area contributed by atoms with Gasteiger partial charge in [-0.05, 0) is 120 Å². The Balaban J connectivity index is 3.07. The van der Waals surface area contributed by atoms with Gasteiger partial charge in [0.15, 0.2) is 6.10 Å². The number of carbonyl (C=O) groups is 2. The molecule has 8 atom stereocenters. The van der Waals surface area contributed by atoms with Crippen LogP contribution in [0.25, 0.3) is 0 Å². The summed E-state index contributed by atoms with van der Waals surface area (Å²) in [5.74, 6) is 48.4. The van der Waals surface area contributed by atoms with E-state index in [-0.39, 0.29) is 0 Å². The highest BCUT2D eigenvalue weighted by Crippen LogP contribution is 2.48. The molecule has 0 spiro atoms. The molecule has 4 unspecified atom stereocenters. The predicted octanol–water partition coefficient (Wildman–Crippen LogP) is -3.04. The van der Waals surface area contributed by atoms with E-state index in [1.165, 1.54) is 0 Å². The number of aliphatic hydroxyl groups is 4. The van der Waals surface area contributed by atoms with Gasteiger partial charge in [0.05, 0.1) is 6.61 Å². The highest BCUT2D eigenvalue weighted by atomic mass is 31.2. The van der Waals surface area contributed by atoms with Crippen LogP contribution >= 0.6 is 15.6 Å². The Morgan fingerprint density at radius 2 is 0.906 bits per heavy atom. The van der Waals surface area contributed by atoms with Gasteiger partial charge in [-0.15, -0.1) is 0 Å². The Labute approximate surface area is 304 Å². The number of phosphoric ester groups is 2. The molecule has 0 saturated heterocycles. The first kappa shape index (κ1) is 45.2. The van der Waals surface area contributed by atoms with Crippen molar-refractivity contribution in [2.24, 2.45) is 0 Å². The van der Waals surface area contributed by atoms with Crippen molar-refractivity contribution < 1.29 is 76.9 Å². The molecule has 0 radical (unpaired) electrons. The largest absolute Gasteiger partial charge is 0.472 e. The maximum absolute atomic E-state index is 12.7. The molecule has 53 heavy (non-hydrogen) atoms. The zero-order valence-electron chi connectivity index (χ0n) is 27.2. The standard InChI is InChI=1S/C35H24O16P2/c1-3-5-7-9-11-13-14-16-18-20-22-24-29(37)49-27(25-47-28(36)23-21-19-17-15-12-10-8-6-4-2)26-48-53(45,46)51-35-32(40)30(38)34(31(39)33(35)41)50-52(42,43)44/h27,30-35,38-41H,25-26H2,1-2H3,(H,45,46)(H2,42,43,44)/t27-,30-,31+,32?,33-,34?,35?/m1/s1. The van der Waals surface area contributed by atoms with E-state index in [9.17, 15) is 44.0 Å². The molecule has 0 amide bonds. The molecular weight excluding hydrogens is 738 g/mol. The van der Waals surface area contributed by atoms with Crippen LogP contribution in [0.5, 0.6) is 0 Å². The van der Waals surface area contributed by atoms with E-state index in [1.54, 1.807) is 13.8 Å². The summed E-state index contributed by atoms with van der Waals surface area (Å²) in [6.45, 7) is 1.24. The van der Waals surface area contributed by atoms with Crippen LogP contribution < -0.4 is 0 Å². The molecule has 16 nitrogen and oxygen atoms in total. The lowest BCUT2D eigenvalue weighted by molar-refractivity contribution is -0.216. The lowest BCUT2D eigenvalue weighted by atomic mass is 9.85. The molecule has 1 fully saturated rings. The normalized spacial score (nSPS) is 20.4. The van der Waals surface area contributed by atoms with Crippen molar-refractivity contribution in [3.05, 3.63) is 0 Å². The Morgan fingerprint density at radius 1 is 0.547 bits per heavy atom. The molecule has 7 N–H and O–H groups in total. The van der Waals surface area contributed by atoms with Gasteiger partial charge in [-0.1, -0.05) is 11.8 Å². The fraction of sp³-hybridized carbons (Fsp3) is 0.314. The van der Waals surface area contributed by atoms with Crippen LogP contribution in [0.3, 0.4) is 0 Å². The summed E-state index contributed by atoms with van der Waals surface area (Å²) >= 11 is 0. The maximum Gasteiger partial charge on any atom is 0.472 e. The molecule has 0 aliphatic heterocycles. The van der Waals surface area contributed by atoms with E-state index >= 15 is 0 Å². The number of hydrogen-bond acceptors (Lipinski definition) is 13. The smallest absolute Gasteiger partial charge is 0.452 e. The van der Waals surface area contributed by atoms with Crippen molar-refractivity contribution in [2.45, 2.75) is 56.6 Å². The molecule has 1 aliphatic carbocycles. The third-order valence-corrected chi connectivity index (χ3v) is 6.74. The van der Waals surface area contributed by atoms with E-state index in [4.69, 9.17) is 23.8 Å². The molecule has 1 rings (SSSR count). The SMILES string of the molecule is CC#CC#CC#CC#CC#CC#CC(=O)O[C@H](COC(=O)C#CC#CC#CC#CC#CC)COP(=O)(O)OC1C(O)[C@@H](O)C(OP(=O)(O)O)[C@@H](O)[C@H]1O. The zero-order valence-corrected chi connectivity index (χ0v) is 28.9. The highest BCUT2D eigenvalue weighted by molar-refractivity contribution is 7.47. The Hall–Kier alpha value is -5.84. The zero-order chi connectivity index (χ0) is 39.7. The van der Waals surface area contributed by atoms with Crippen LogP contribution in [-0.4, -0.2) is 103 Å². The minimum atomic E-state index is -5.42. The minimum Gasteiger partial charge on any atom is -0.452 e. The quantitative estimate of drug-likeness (QED) is 0.0505. The number of hydrogen-bond donors (Lipinski definition) is 7. The highest BCUT2D eigenvalue weighted by Gasteiger charge is 2.54. The summed E-state index contributed by atoms with van der Waals surface area (Å²) in [7, 11) is -10.8. The van der Waals surface area contributed by atoms with Crippen molar-refractivity contribution in [2.75, 3.05) is 13.2 Å². The topological polar surface area (TPSA) is 256 Å². The lowest BCUT2D eigenvalue weighted by Gasteiger charge is -2.43. The maximum atomic E-state index is 12.7. The van der Waals surface area contributed by atoms with Gasteiger partial charge in [0, 0.05) is 11.8 Å². The second kappa shape index (κ2) is 24.4. The van der Waals surface area contributed by atoms with E-state index in [0.29, 0.717) is 0 Å². The average Bonchev–Trinajstić information content (AvgIpc) is 3.10. The van der Waals surface area contributed by atoms with Crippen molar-refractivity contribution >= 4 is 27.6 Å². The van der Waals surface area contributed by atoms with Gasteiger partial charge < -0.3 is 44.6 Å². The lowest BCUT2D eigenvalue weighted by Crippen LogP contribution is -2.64. The molecule has 0 aromatic carbocycles. The third kappa shape index (κ3) is 20.0. The van der Waals surface area contributed by atoms with Crippen LogP contribution in [0, 0.1) is 130 Å². The van der Waals surface area contributed by atoms with Crippen LogP contribution in [-0.2, 0) is 41.8 Å². The van der Waals surface area contributed by atoms with Crippen molar-refractivity contribution in [3.8, 4) is 130 Å². The van der Waals surface area contributed by atoms with Crippen molar-refractivity contribution in [1.82, 2.24) is 0 Å². The van der Waals surface area contributed by atoms with Gasteiger partial charge >= 0.3 is 27.6 Å². The van der Waals surface area contributed by atoms with Gasteiger partial charge in [0.1, 0.15) is 43.2 Å². The Bertz CT molecular complexity index is 2180. The van der Waals surface area contributed by atoms with Gasteiger partial charge in [-0.3, -0.25) is 13.6 Å². The van der Waals surface area contributed by atoms with Crippen LogP contribution in [0.2, 0.25) is 0 Å². The fourth-order valence-corrected chi connectivity index (χ4v) is 4.72. The van der Waals surface area contributed by atoms with Gasteiger partial charge in [-0.2, -0.15) is 0 Å². The first-order valence-electron chi connectivity index (χ1n) is 14.0. The van der Waals surface area contributed by atoms with E-state index in [2.05, 4.69) is 127 Å². The molecule has 0 heterocycles. The van der Waals surface area contributed by atoms with Crippen molar-refractivity contribution in [3.63, 3.8) is 0 Å². The monoisotopic (exact) mass is 762 g/mol. The molecule has 0 aromatic rings. The molecule has 0 bridgehead atoms. The first-order valence-corrected chi connectivity index (χ1v) is 17.0. The Morgan fingerprint density at radius 3 is 1.30 bits per heavy atom. The number of esters is 2. The Kier molecular flexibility index (Phi) is 20.8. The summed E-state index contributed by atoms with van der Waals surface area (Å²) in [4.78, 5) is 52.5. The molecule has 0 aromatic heterocycles. The number of ether oxygens (including phenoxy) is 2. The molecular formula is C35H24O16P2. The van der Waals surface area contributed by atoms with E-state index < -0.39 is 83.5 Å². The summed E-state index contributed by atoms with van der Waals surface area (Å²) in [6, 6.07) is 0. The summed E-state index contributed by atoms with van der Waals surface area (Å²) in [5.41, 5.74) is 0. The van der Waals surface area contributed by atoms with Crippen molar-refractivity contribution in [1.29, 1.82) is 0 Å². The number of rotatable bonds is 10. The number of carbonyl (C=O) groups excluding carboxylic acids is 2. The molecule has 1 saturated carbocycles. The summed E-state index contributed by atoms with van der Waals surface area (Å²) < 4.78 is 47.3. The fourth-order valence-electron chi connectivity index (χ4n) is 3.18. The third-order valence-electron chi connectivity index (χ3n) is 5.24. The number of phosphoric acid groups is 2. The first-order chi connectivity index (χ1) is 25.1. The number of aliphatic hydroxyl groups excluding tert-OH is 4. The summed E-state index contributed by atoms with van der Waals surface area (Å²) in [6.07, 6.45) is -15.7. The minimum absolute atomic E-state index is 0.863. The van der Waals surface area contributed by atoms with Crippen LogP contribution in [0.4, 0.5) is 0 Å².